The Bertz CT molecular complexity index is 934. The summed E-state index contributed by atoms with van der Waals surface area (Å²) in [5, 5.41) is 14.0. The van der Waals surface area contributed by atoms with Crippen LogP contribution in [0.25, 0.3) is 0 Å². The van der Waals surface area contributed by atoms with E-state index in [2.05, 4.69) is 5.32 Å². The molecule has 2 aromatic carbocycles. The molecule has 2 aromatic rings. The number of hydrogen-bond donors (Lipinski definition) is 1. The lowest BCUT2D eigenvalue weighted by molar-refractivity contribution is -0.384. The van der Waals surface area contributed by atoms with Crippen LogP contribution in [0.4, 0.5) is 11.4 Å². The first kappa shape index (κ1) is 16.4. The number of ether oxygens (including phenoxy) is 1. The van der Waals surface area contributed by atoms with Crippen LogP contribution < -0.4 is 10.1 Å². The zero-order chi connectivity index (χ0) is 17.9. The van der Waals surface area contributed by atoms with Crippen LogP contribution in [0.15, 0.2) is 24.3 Å². The summed E-state index contributed by atoms with van der Waals surface area (Å²) in [5.74, 6) is 0.284. The van der Waals surface area contributed by atoms with Crippen LogP contribution in [0, 0.1) is 10.1 Å². The minimum absolute atomic E-state index is 0.00824. The van der Waals surface area contributed by atoms with Crippen molar-refractivity contribution in [2.24, 2.45) is 0 Å². The fourth-order valence-corrected chi connectivity index (χ4v) is 3.96. The predicted molar refractivity (Wildman–Crippen MR) is 94.2 cm³/mol. The summed E-state index contributed by atoms with van der Waals surface area (Å²) >= 11 is 18.6. The highest BCUT2D eigenvalue weighted by atomic mass is 35.5. The van der Waals surface area contributed by atoms with Crippen molar-refractivity contribution < 1.29 is 14.5 Å². The number of anilines is 1. The van der Waals surface area contributed by atoms with E-state index >= 15 is 0 Å². The van der Waals surface area contributed by atoms with E-state index in [1.54, 1.807) is 12.1 Å². The average Bonchev–Trinajstić information content (AvgIpc) is 3.28. The first-order valence-corrected chi connectivity index (χ1v) is 8.42. The molecule has 0 atom stereocenters. The smallest absolute Gasteiger partial charge is 0.272 e. The fourth-order valence-electron chi connectivity index (χ4n) is 3.02. The molecule has 0 bridgehead atoms. The molecule has 1 aliphatic carbocycles. The Morgan fingerprint density at radius 2 is 1.80 bits per heavy atom. The van der Waals surface area contributed by atoms with Crippen molar-refractivity contribution >= 4 is 52.1 Å². The number of hydrogen-bond acceptors (Lipinski definition) is 4. The number of nitro benzene ring substituents is 1. The third-order valence-corrected chi connectivity index (χ3v) is 5.36. The number of benzene rings is 2. The molecule has 128 valence electrons. The lowest BCUT2D eigenvalue weighted by Crippen LogP contribution is -2.18. The summed E-state index contributed by atoms with van der Waals surface area (Å²) in [4.78, 5) is 22.4. The lowest BCUT2D eigenvalue weighted by Gasteiger charge is -2.14. The predicted octanol–water partition coefficient (Wildman–Crippen LogP) is 5.33. The number of carbonyl (C=O) groups excluding carboxylic acids is 1. The summed E-state index contributed by atoms with van der Waals surface area (Å²) in [5.41, 5.74) is 0.565. The minimum Gasteiger partial charge on any atom is -0.453 e. The first-order chi connectivity index (χ1) is 11.8. The van der Waals surface area contributed by atoms with Crippen molar-refractivity contribution in [3.05, 3.63) is 55.0 Å². The van der Waals surface area contributed by atoms with Crippen LogP contribution in [0.3, 0.4) is 0 Å². The van der Waals surface area contributed by atoms with Gasteiger partial charge < -0.3 is 10.1 Å². The zero-order valence-electron chi connectivity index (χ0n) is 12.4. The highest BCUT2D eigenvalue weighted by Gasteiger charge is 2.57. The standard InChI is InChI=1S/C16H9Cl3N2O4/c17-8-5-7(21(23)24)6-9(18)14(8)25-11-2-1-10-12(13(11)19)16(3-4-16)15(22)20-10/h1-2,5-6H,3-4H2,(H,20,22). The Morgan fingerprint density at radius 3 is 2.36 bits per heavy atom. The number of carbonyl (C=O) groups is 1. The Hall–Kier alpha value is -2.02. The molecular formula is C16H9Cl3N2O4. The SMILES string of the molecule is O=C1Nc2ccc(Oc3c(Cl)cc([N+](=O)[O-])cc3Cl)c(Cl)c2C12CC2. The number of rotatable bonds is 3. The third kappa shape index (κ3) is 2.44. The molecule has 2 aliphatic rings. The summed E-state index contributed by atoms with van der Waals surface area (Å²) in [6.07, 6.45) is 1.46. The number of fused-ring (bicyclic) bond motifs is 2. The Balaban J connectivity index is 1.76. The van der Waals surface area contributed by atoms with Gasteiger partial charge in [0, 0.05) is 23.4 Å². The second-order valence-electron chi connectivity index (χ2n) is 5.93. The van der Waals surface area contributed by atoms with Gasteiger partial charge in [0.2, 0.25) is 5.91 Å². The van der Waals surface area contributed by atoms with Crippen LogP contribution >= 0.6 is 34.8 Å². The summed E-state index contributed by atoms with van der Waals surface area (Å²) < 4.78 is 5.73. The minimum atomic E-state index is -0.599. The van der Waals surface area contributed by atoms with Gasteiger partial charge in [0.25, 0.3) is 5.69 Å². The number of nitrogens with zero attached hydrogens (tertiary/aromatic N) is 1. The van der Waals surface area contributed by atoms with Gasteiger partial charge in [0.15, 0.2) is 5.75 Å². The molecule has 1 heterocycles. The summed E-state index contributed by atoms with van der Waals surface area (Å²) in [6.45, 7) is 0. The number of non-ortho nitro benzene ring substituents is 1. The van der Waals surface area contributed by atoms with Crippen molar-refractivity contribution in [1.82, 2.24) is 0 Å². The van der Waals surface area contributed by atoms with E-state index in [0.29, 0.717) is 16.3 Å². The van der Waals surface area contributed by atoms with Gasteiger partial charge in [-0.2, -0.15) is 0 Å². The van der Waals surface area contributed by atoms with E-state index in [4.69, 9.17) is 39.5 Å². The zero-order valence-corrected chi connectivity index (χ0v) is 14.7. The van der Waals surface area contributed by atoms with Gasteiger partial charge in [-0.25, -0.2) is 0 Å². The number of nitrogens with one attached hydrogen (secondary N) is 1. The molecule has 0 aromatic heterocycles. The van der Waals surface area contributed by atoms with Gasteiger partial charge in [-0.3, -0.25) is 14.9 Å². The first-order valence-electron chi connectivity index (χ1n) is 7.29. The van der Waals surface area contributed by atoms with Crippen LogP contribution in [0.1, 0.15) is 18.4 Å². The van der Waals surface area contributed by atoms with Crippen molar-refractivity contribution in [3.63, 3.8) is 0 Å². The lowest BCUT2D eigenvalue weighted by atomic mass is 9.97. The van der Waals surface area contributed by atoms with Gasteiger partial charge in [-0.05, 0) is 25.0 Å². The maximum Gasteiger partial charge on any atom is 0.272 e. The number of amides is 1. The molecule has 9 heteroatoms. The molecule has 25 heavy (non-hydrogen) atoms. The summed E-state index contributed by atoms with van der Waals surface area (Å²) in [6, 6.07) is 5.60. The van der Waals surface area contributed by atoms with Gasteiger partial charge in [-0.15, -0.1) is 0 Å². The third-order valence-electron chi connectivity index (χ3n) is 4.42. The van der Waals surface area contributed by atoms with Crippen molar-refractivity contribution in [2.45, 2.75) is 18.3 Å². The molecule has 0 saturated heterocycles. The van der Waals surface area contributed by atoms with E-state index < -0.39 is 10.3 Å². The molecule has 4 rings (SSSR count). The molecule has 0 unspecified atom stereocenters. The van der Waals surface area contributed by atoms with Crippen molar-refractivity contribution in [3.8, 4) is 11.5 Å². The van der Waals surface area contributed by atoms with Crippen LogP contribution in [-0.2, 0) is 10.2 Å². The number of nitro groups is 1. The van der Waals surface area contributed by atoms with E-state index in [1.807, 2.05) is 0 Å². The van der Waals surface area contributed by atoms with Crippen LogP contribution in [0.5, 0.6) is 11.5 Å². The topological polar surface area (TPSA) is 81.5 Å². The highest BCUT2D eigenvalue weighted by molar-refractivity contribution is 6.38. The Labute approximate surface area is 156 Å². The van der Waals surface area contributed by atoms with Gasteiger partial charge >= 0.3 is 0 Å². The number of halogens is 3. The maximum atomic E-state index is 12.1. The molecule has 1 spiro atoms. The van der Waals surface area contributed by atoms with E-state index in [0.717, 1.165) is 25.0 Å². The largest absolute Gasteiger partial charge is 0.453 e. The molecular weight excluding hydrogens is 391 g/mol. The molecule has 6 nitrogen and oxygen atoms in total. The normalized spacial score (nSPS) is 16.5. The molecule has 1 saturated carbocycles. The second kappa shape index (κ2) is 5.49. The maximum absolute atomic E-state index is 12.1. The summed E-state index contributed by atoms with van der Waals surface area (Å²) in [7, 11) is 0. The van der Waals surface area contributed by atoms with Gasteiger partial charge in [0.1, 0.15) is 5.75 Å². The Morgan fingerprint density at radius 1 is 1.16 bits per heavy atom. The molecule has 1 fully saturated rings. The quantitative estimate of drug-likeness (QED) is 0.558. The van der Waals surface area contributed by atoms with E-state index in [9.17, 15) is 14.9 Å². The highest BCUT2D eigenvalue weighted by Crippen LogP contribution is 2.59. The average molecular weight is 400 g/mol. The van der Waals surface area contributed by atoms with Crippen molar-refractivity contribution in [1.29, 1.82) is 0 Å². The second-order valence-corrected chi connectivity index (χ2v) is 7.13. The molecule has 1 aliphatic heterocycles. The Kier molecular flexibility index (Phi) is 3.61. The molecule has 1 N–H and O–H groups in total. The monoisotopic (exact) mass is 398 g/mol. The van der Waals surface area contributed by atoms with Crippen LogP contribution in [0.2, 0.25) is 15.1 Å². The fraction of sp³-hybridized carbons (Fsp3) is 0.188. The van der Waals surface area contributed by atoms with E-state index in [-0.39, 0.29) is 33.1 Å². The van der Waals surface area contributed by atoms with Crippen molar-refractivity contribution in [2.75, 3.05) is 5.32 Å². The van der Waals surface area contributed by atoms with Crippen LogP contribution in [-0.4, -0.2) is 10.8 Å². The molecule has 1 amide bonds. The van der Waals surface area contributed by atoms with E-state index in [1.165, 1.54) is 0 Å². The van der Waals surface area contributed by atoms with Gasteiger partial charge in [0.05, 0.1) is 25.4 Å². The molecule has 0 radical (unpaired) electrons. The van der Waals surface area contributed by atoms with Gasteiger partial charge in [-0.1, -0.05) is 34.8 Å².